The number of hydrogen-bond acceptors (Lipinski definition) is 5. The Morgan fingerprint density at radius 1 is 1.33 bits per heavy atom. The van der Waals surface area contributed by atoms with E-state index < -0.39 is 11.8 Å². The minimum absolute atomic E-state index is 0.121. The molecule has 6 nitrogen and oxygen atoms in total. The molecule has 158 valence electrons. The second-order valence-electron chi connectivity index (χ2n) is 7.20. The van der Waals surface area contributed by atoms with E-state index in [0.717, 1.165) is 11.1 Å². The molecular formula is C23H24FNO5. The molecule has 2 aromatic carbocycles. The molecule has 0 atom stereocenters. The van der Waals surface area contributed by atoms with E-state index in [-0.39, 0.29) is 35.9 Å². The lowest BCUT2D eigenvalue weighted by Crippen LogP contribution is -2.12. The van der Waals surface area contributed by atoms with Crippen molar-refractivity contribution in [1.29, 1.82) is 0 Å². The maximum atomic E-state index is 13.6. The minimum atomic E-state index is -0.542. The number of amides is 1. The first kappa shape index (κ1) is 21.4. The molecule has 0 aromatic heterocycles. The number of allylic oxidation sites excluding steroid dienone is 2. The Morgan fingerprint density at radius 2 is 2.07 bits per heavy atom. The van der Waals surface area contributed by atoms with Crippen molar-refractivity contribution in [2.45, 2.75) is 39.7 Å². The van der Waals surface area contributed by atoms with Crippen LogP contribution >= 0.6 is 0 Å². The monoisotopic (exact) mass is 413 g/mol. The summed E-state index contributed by atoms with van der Waals surface area (Å²) in [5, 5.41) is 13.2. The van der Waals surface area contributed by atoms with E-state index in [9.17, 15) is 19.1 Å². The van der Waals surface area contributed by atoms with Gasteiger partial charge in [-0.1, -0.05) is 23.8 Å². The van der Waals surface area contributed by atoms with Crippen LogP contribution in [0.15, 0.2) is 35.9 Å². The third kappa shape index (κ3) is 4.30. The SMILES string of the molecule is COc1c(C)c2c(c(O)c1C/C=C(\C)CCC(=O)Nc1ccccc1F)C(=O)OC2. The molecule has 3 rings (SSSR count). The number of phenolic OH excluding ortho intramolecular Hbond substituents is 1. The van der Waals surface area contributed by atoms with Crippen LogP contribution in [0.4, 0.5) is 10.1 Å². The number of anilines is 1. The smallest absolute Gasteiger partial charge is 0.342 e. The molecule has 7 heteroatoms. The number of methoxy groups -OCH3 is 1. The summed E-state index contributed by atoms with van der Waals surface area (Å²) in [6.07, 6.45) is 2.86. The van der Waals surface area contributed by atoms with Gasteiger partial charge in [-0.2, -0.15) is 0 Å². The summed E-state index contributed by atoms with van der Waals surface area (Å²) in [7, 11) is 1.51. The predicted molar refractivity (Wildman–Crippen MR) is 110 cm³/mol. The topological polar surface area (TPSA) is 84.9 Å². The van der Waals surface area contributed by atoms with Crippen molar-refractivity contribution in [1.82, 2.24) is 0 Å². The molecule has 2 N–H and O–H groups in total. The van der Waals surface area contributed by atoms with Crippen LogP contribution in [-0.4, -0.2) is 24.1 Å². The van der Waals surface area contributed by atoms with Crippen molar-refractivity contribution >= 4 is 17.6 Å². The van der Waals surface area contributed by atoms with E-state index in [1.165, 1.54) is 19.2 Å². The number of fused-ring (bicyclic) bond motifs is 1. The van der Waals surface area contributed by atoms with Crippen LogP contribution in [0.25, 0.3) is 0 Å². The van der Waals surface area contributed by atoms with E-state index in [1.54, 1.807) is 12.1 Å². The second kappa shape index (κ2) is 8.98. The third-order valence-corrected chi connectivity index (χ3v) is 5.20. The summed E-state index contributed by atoms with van der Waals surface area (Å²) in [5.41, 5.74) is 3.17. The fourth-order valence-corrected chi connectivity index (χ4v) is 3.49. The Hall–Kier alpha value is -3.35. The molecule has 1 amide bonds. The van der Waals surface area contributed by atoms with Crippen LogP contribution in [0.3, 0.4) is 0 Å². The molecule has 1 heterocycles. The number of rotatable bonds is 7. The number of para-hydroxylation sites is 1. The predicted octanol–water partition coefficient (Wildman–Crippen LogP) is 4.43. The largest absolute Gasteiger partial charge is 0.507 e. The Kier molecular flexibility index (Phi) is 6.40. The Bertz CT molecular complexity index is 1030. The van der Waals surface area contributed by atoms with Gasteiger partial charge in [0.25, 0.3) is 0 Å². The molecule has 0 spiro atoms. The highest BCUT2D eigenvalue weighted by Crippen LogP contribution is 2.42. The van der Waals surface area contributed by atoms with Gasteiger partial charge in [0.1, 0.15) is 29.5 Å². The maximum Gasteiger partial charge on any atom is 0.342 e. The summed E-state index contributed by atoms with van der Waals surface area (Å²) in [5.74, 6) is -0.919. The molecule has 0 radical (unpaired) electrons. The summed E-state index contributed by atoms with van der Waals surface area (Å²) in [6.45, 7) is 3.82. The fraction of sp³-hybridized carbons (Fsp3) is 0.304. The number of nitrogens with one attached hydrogen (secondary N) is 1. The van der Waals surface area contributed by atoms with Gasteiger partial charge in [-0.25, -0.2) is 9.18 Å². The van der Waals surface area contributed by atoms with Gasteiger partial charge >= 0.3 is 5.97 Å². The van der Waals surface area contributed by atoms with Crippen LogP contribution in [0.2, 0.25) is 0 Å². The minimum Gasteiger partial charge on any atom is -0.507 e. The standard InChI is InChI=1S/C23H24FNO5/c1-13(9-11-19(26)25-18-7-5-4-6-17(18)24)8-10-15-21(27)20-16(12-30-23(20)28)14(2)22(15)29-3/h4-8,27H,9-12H2,1-3H3,(H,25,26)/b13-8+. The lowest BCUT2D eigenvalue weighted by molar-refractivity contribution is -0.116. The molecule has 2 aromatic rings. The molecule has 1 aliphatic heterocycles. The van der Waals surface area contributed by atoms with Crippen molar-refractivity contribution in [3.63, 3.8) is 0 Å². The van der Waals surface area contributed by atoms with Crippen molar-refractivity contribution in [2.75, 3.05) is 12.4 Å². The number of phenols is 1. The first-order chi connectivity index (χ1) is 14.3. The number of hydrogen-bond donors (Lipinski definition) is 2. The molecule has 0 bridgehead atoms. The third-order valence-electron chi connectivity index (χ3n) is 5.20. The van der Waals surface area contributed by atoms with Crippen LogP contribution in [0.5, 0.6) is 11.5 Å². The molecular weight excluding hydrogens is 389 g/mol. The number of halogens is 1. The highest BCUT2D eigenvalue weighted by atomic mass is 19.1. The Labute approximate surface area is 174 Å². The van der Waals surface area contributed by atoms with Gasteiger partial charge in [-0.3, -0.25) is 4.79 Å². The Morgan fingerprint density at radius 3 is 2.77 bits per heavy atom. The van der Waals surface area contributed by atoms with E-state index in [2.05, 4.69) is 5.32 Å². The van der Waals surface area contributed by atoms with E-state index in [0.29, 0.717) is 29.7 Å². The number of cyclic esters (lactones) is 1. The quantitative estimate of drug-likeness (QED) is 0.518. The lowest BCUT2D eigenvalue weighted by atomic mass is 9.94. The zero-order valence-corrected chi connectivity index (χ0v) is 17.2. The van der Waals surface area contributed by atoms with Gasteiger partial charge in [0.15, 0.2) is 0 Å². The summed E-state index contributed by atoms with van der Waals surface area (Å²) in [4.78, 5) is 24.1. The lowest BCUT2D eigenvalue weighted by Gasteiger charge is -2.15. The number of aromatic hydroxyl groups is 1. The zero-order chi connectivity index (χ0) is 21.8. The zero-order valence-electron chi connectivity index (χ0n) is 17.2. The number of ether oxygens (including phenoxy) is 2. The van der Waals surface area contributed by atoms with E-state index in [4.69, 9.17) is 9.47 Å². The number of benzene rings is 2. The van der Waals surface area contributed by atoms with Gasteiger partial charge < -0.3 is 19.9 Å². The molecule has 0 saturated carbocycles. The van der Waals surface area contributed by atoms with Crippen LogP contribution in [0, 0.1) is 12.7 Å². The van der Waals surface area contributed by atoms with Crippen LogP contribution in [0.1, 0.15) is 46.8 Å². The Balaban J connectivity index is 1.69. The highest BCUT2D eigenvalue weighted by molar-refractivity contribution is 5.98. The molecule has 0 saturated heterocycles. The average molecular weight is 413 g/mol. The van der Waals surface area contributed by atoms with Gasteiger partial charge in [0.05, 0.1) is 12.8 Å². The summed E-state index contributed by atoms with van der Waals surface area (Å²) < 4.78 is 24.1. The summed E-state index contributed by atoms with van der Waals surface area (Å²) in [6, 6.07) is 6.00. The maximum absolute atomic E-state index is 13.6. The molecule has 1 aliphatic rings. The number of carbonyl (C=O) groups excluding carboxylic acids is 2. The number of esters is 1. The number of carbonyl (C=O) groups is 2. The highest BCUT2D eigenvalue weighted by Gasteiger charge is 2.31. The first-order valence-electron chi connectivity index (χ1n) is 9.61. The fourth-order valence-electron chi connectivity index (χ4n) is 3.49. The molecule has 0 unspecified atom stereocenters. The van der Waals surface area contributed by atoms with Crippen LogP contribution < -0.4 is 10.1 Å². The molecule has 30 heavy (non-hydrogen) atoms. The van der Waals surface area contributed by atoms with Gasteiger partial charge in [-0.15, -0.1) is 0 Å². The summed E-state index contributed by atoms with van der Waals surface area (Å²) >= 11 is 0. The van der Waals surface area contributed by atoms with Crippen molar-refractivity contribution < 1.29 is 28.6 Å². The van der Waals surface area contributed by atoms with Crippen molar-refractivity contribution in [3.05, 3.63) is 64.0 Å². The van der Waals surface area contributed by atoms with Gasteiger partial charge in [-0.05, 0) is 44.4 Å². The van der Waals surface area contributed by atoms with Gasteiger partial charge in [0.2, 0.25) is 5.91 Å². The van der Waals surface area contributed by atoms with Crippen LogP contribution in [-0.2, 0) is 22.6 Å². The van der Waals surface area contributed by atoms with Gasteiger partial charge in [0, 0.05) is 17.5 Å². The first-order valence-corrected chi connectivity index (χ1v) is 9.61. The molecule has 0 aliphatic carbocycles. The van der Waals surface area contributed by atoms with E-state index in [1.807, 2.05) is 19.9 Å². The van der Waals surface area contributed by atoms with Crippen molar-refractivity contribution in [3.8, 4) is 11.5 Å². The molecule has 0 fully saturated rings. The normalized spacial score (nSPS) is 13.1. The average Bonchev–Trinajstić information content (AvgIpc) is 3.11. The second-order valence-corrected chi connectivity index (χ2v) is 7.20. The van der Waals surface area contributed by atoms with E-state index >= 15 is 0 Å². The van der Waals surface area contributed by atoms with Crippen molar-refractivity contribution in [2.24, 2.45) is 0 Å².